The van der Waals surface area contributed by atoms with Gasteiger partial charge < -0.3 is 15.7 Å². The number of nitrogen functional groups attached to an aromatic ring is 1. The Kier molecular flexibility index (Phi) is 4.16. The molecule has 0 amide bonds. The number of aryl methyl sites for hydroxylation is 1. The Bertz CT molecular complexity index is 439. The molecule has 0 aliphatic heterocycles. The molecular formula is C14H26N4O. The molecule has 1 aliphatic rings. The standard InChI is InChI=1S/C14H26N4O/c1-9-14(15)11(3)18(16-9)8-13(19)7-17(4)10(2)12-5-6-12/h10,12-13,19H,5-8,15H2,1-4H3. The number of hydrogen-bond acceptors (Lipinski definition) is 4. The summed E-state index contributed by atoms with van der Waals surface area (Å²) in [5.74, 6) is 0.821. The maximum Gasteiger partial charge on any atom is 0.0862 e. The summed E-state index contributed by atoms with van der Waals surface area (Å²) in [6.45, 7) is 7.26. The summed E-state index contributed by atoms with van der Waals surface area (Å²) < 4.78 is 1.81. The predicted molar refractivity (Wildman–Crippen MR) is 76.9 cm³/mol. The van der Waals surface area contributed by atoms with E-state index in [-0.39, 0.29) is 0 Å². The van der Waals surface area contributed by atoms with E-state index in [1.807, 2.05) is 18.5 Å². The molecule has 0 bridgehead atoms. The molecule has 0 aromatic carbocycles. The van der Waals surface area contributed by atoms with Gasteiger partial charge in [-0.25, -0.2) is 0 Å². The first-order valence-corrected chi connectivity index (χ1v) is 7.08. The Morgan fingerprint density at radius 3 is 2.58 bits per heavy atom. The van der Waals surface area contributed by atoms with Gasteiger partial charge >= 0.3 is 0 Å². The highest BCUT2D eigenvalue weighted by Crippen LogP contribution is 2.34. The maximum atomic E-state index is 10.2. The lowest BCUT2D eigenvalue weighted by Gasteiger charge is -2.27. The fourth-order valence-electron chi connectivity index (χ4n) is 2.58. The van der Waals surface area contributed by atoms with Gasteiger partial charge in [0.1, 0.15) is 0 Å². The highest BCUT2D eigenvalue weighted by Gasteiger charge is 2.31. The smallest absolute Gasteiger partial charge is 0.0862 e. The van der Waals surface area contributed by atoms with Gasteiger partial charge in [-0.3, -0.25) is 4.68 Å². The molecule has 1 heterocycles. The van der Waals surface area contributed by atoms with Crippen molar-refractivity contribution >= 4 is 5.69 Å². The molecule has 0 spiro atoms. The summed E-state index contributed by atoms with van der Waals surface area (Å²) in [5, 5.41) is 14.6. The largest absolute Gasteiger partial charge is 0.396 e. The Hall–Kier alpha value is -1.07. The second kappa shape index (κ2) is 5.51. The van der Waals surface area contributed by atoms with Crippen LogP contribution in [0.3, 0.4) is 0 Å². The van der Waals surface area contributed by atoms with Crippen LogP contribution in [0.15, 0.2) is 0 Å². The number of hydrogen-bond donors (Lipinski definition) is 2. The molecule has 1 aromatic rings. The molecule has 1 fully saturated rings. The zero-order valence-electron chi connectivity index (χ0n) is 12.4. The fourth-order valence-corrected chi connectivity index (χ4v) is 2.58. The minimum atomic E-state index is -0.413. The highest BCUT2D eigenvalue weighted by molar-refractivity contribution is 5.46. The number of nitrogens with two attached hydrogens (primary N) is 1. The second-order valence-electron chi connectivity index (χ2n) is 5.94. The average molecular weight is 266 g/mol. The summed E-state index contributed by atoms with van der Waals surface area (Å²) in [7, 11) is 2.09. The molecule has 2 rings (SSSR count). The molecular weight excluding hydrogens is 240 g/mol. The normalized spacial score (nSPS) is 18.8. The van der Waals surface area contributed by atoms with E-state index in [9.17, 15) is 5.11 Å². The van der Waals surface area contributed by atoms with E-state index in [2.05, 4.69) is 24.0 Å². The van der Waals surface area contributed by atoms with E-state index in [4.69, 9.17) is 5.73 Å². The zero-order chi connectivity index (χ0) is 14.2. The van der Waals surface area contributed by atoms with Gasteiger partial charge in [0, 0.05) is 12.6 Å². The number of aliphatic hydroxyl groups is 1. The minimum absolute atomic E-state index is 0.413. The number of nitrogens with zero attached hydrogens (tertiary/aromatic N) is 3. The number of likely N-dealkylation sites (N-methyl/N-ethyl adjacent to an activating group) is 1. The lowest BCUT2D eigenvalue weighted by Crippen LogP contribution is -2.38. The number of rotatable bonds is 6. The third-order valence-electron chi connectivity index (χ3n) is 4.32. The van der Waals surface area contributed by atoms with Crippen molar-refractivity contribution in [3.8, 4) is 0 Å². The minimum Gasteiger partial charge on any atom is -0.396 e. The summed E-state index contributed by atoms with van der Waals surface area (Å²) in [6.07, 6.45) is 2.24. The van der Waals surface area contributed by atoms with Crippen molar-refractivity contribution in [3.63, 3.8) is 0 Å². The highest BCUT2D eigenvalue weighted by atomic mass is 16.3. The first-order chi connectivity index (χ1) is 8.90. The lowest BCUT2D eigenvalue weighted by molar-refractivity contribution is 0.0859. The topological polar surface area (TPSA) is 67.3 Å². The molecule has 5 heteroatoms. The molecule has 2 atom stereocenters. The van der Waals surface area contributed by atoms with Crippen molar-refractivity contribution in [2.45, 2.75) is 52.3 Å². The zero-order valence-corrected chi connectivity index (χ0v) is 12.4. The molecule has 5 nitrogen and oxygen atoms in total. The van der Waals surface area contributed by atoms with Gasteiger partial charge in [0.15, 0.2) is 0 Å². The molecule has 1 saturated carbocycles. The maximum absolute atomic E-state index is 10.2. The van der Waals surface area contributed by atoms with Crippen molar-refractivity contribution in [3.05, 3.63) is 11.4 Å². The third kappa shape index (κ3) is 3.28. The van der Waals surface area contributed by atoms with E-state index < -0.39 is 6.10 Å². The van der Waals surface area contributed by atoms with Crippen LogP contribution in [-0.4, -0.2) is 45.5 Å². The summed E-state index contributed by atoms with van der Waals surface area (Å²) >= 11 is 0. The van der Waals surface area contributed by atoms with Gasteiger partial charge in [-0.15, -0.1) is 0 Å². The lowest BCUT2D eigenvalue weighted by atomic mass is 10.2. The van der Waals surface area contributed by atoms with Crippen molar-refractivity contribution in [1.29, 1.82) is 0 Å². The van der Waals surface area contributed by atoms with Gasteiger partial charge in [0.05, 0.1) is 29.7 Å². The van der Waals surface area contributed by atoms with E-state index >= 15 is 0 Å². The predicted octanol–water partition coefficient (Wildman–Crippen LogP) is 1.17. The van der Waals surface area contributed by atoms with Crippen LogP contribution in [0, 0.1) is 19.8 Å². The number of anilines is 1. The van der Waals surface area contributed by atoms with Gasteiger partial charge in [0.25, 0.3) is 0 Å². The molecule has 2 unspecified atom stereocenters. The van der Waals surface area contributed by atoms with Crippen LogP contribution >= 0.6 is 0 Å². The summed E-state index contributed by atoms with van der Waals surface area (Å²) in [6, 6.07) is 0.556. The van der Waals surface area contributed by atoms with Crippen molar-refractivity contribution < 1.29 is 5.11 Å². The molecule has 0 radical (unpaired) electrons. The molecule has 1 aliphatic carbocycles. The quantitative estimate of drug-likeness (QED) is 0.811. The second-order valence-corrected chi connectivity index (χ2v) is 5.94. The Labute approximate surface area is 115 Å². The van der Waals surface area contributed by atoms with E-state index in [0.29, 0.717) is 19.1 Å². The van der Waals surface area contributed by atoms with Crippen LogP contribution in [0.5, 0.6) is 0 Å². The van der Waals surface area contributed by atoms with Gasteiger partial charge in [0.2, 0.25) is 0 Å². The fraction of sp³-hybridized carbons (Fsp3) is 0.786. The van der Waals surface area contributed by atoms with Gasteiger partial charge in [-0.05, 0) is 46.6 Å². The monoisotopic (exact) mass is 266 g/mol. The van der Waals surface area contributed by atoms with Crippen molar-refractivity contribution in [2.75, 3.05) is 19.3 Å². The van der Waals surface area contributed by atoms with E-state index in [0.717, 1.165) is 23.0 Å². The first-order valence-electron chi connectivity index (χ1n) is 7.08. The molecule has 19 heavy (non-hydrogen) atoms. The number of aromatic nitrogens is 2. The van der Waals surface area contributed by atoms with Crippen LogP contribution in [0.2, 0.25) is 0 Å². The molecule has 3 N–H and O–H groups in total. The van der Waals surface area contributed by atoms with Gasteiger partial charge in [-0.2, -0.15) is 5.10 Å². The van der Waals surface area contributed by atoms with Crippen molar-refractivity contribution in [2.24, 2.45) is 5.92 Å². The van der Waals surface area contributed by atoms with Crippen LogP contribution in [0.1, 0.15) is 31.2 Å². The molecule has 108 valence electrons. The summed E-state index contributed by atoms with van der Waals surface area (Å²) in [4.78, 5) is 2.25. The average Bonchev–Trinajstić information content (AvgIpc) is 3.15. The Balaban J connectivity index is 1.89. The molecule has 0 saturated heterocycles. The van der Waals surface area contributed by atoms with Crippen LogP contribution < -0.4 is 5.73 Å². The van der Waals surface area contributed by atoms with Crippen LogP contribution in [0.25, 0.3) is 0 Å². The van der Waals surface area contributed by atoms with E-state index in [1.165, 1.54) is 12.8 Å². The van der Waals surface area contributed by atoms with Crippen LogP contribution in [0.4, 0.5) is 5.69 Å². The van der Waals surface area contributed by atoms with Crippen LogP contribution in [-0.2, 0) is 6.54 Å². The Morgan fingerprint density at radius 1 is 1.47 bits per heavy atom. The molecule has 1 aromatic heterocycles. The van der Waals surface area contributed by atoms with Gasteiger partial charge in [-0.1, -0.05) is 0 Å². The third-order valence-corrected chi connectivity index (χ3v) is 4.32. The first kappa shape index (κ1) is 14.3. The summed E-state index contributed by atoms with van der Waals surface area (Å²) in [5.41, 5.74) is 8.41. The van der Waals surface area contributed by atoms with E-state index in [1.54, 1.807) is 0 Å². The SMILES string of the molecule is Cc1nn(CC(O)CN(C)C(C)C2CC2)c(C)c1N. The number of aliphatic hydroxyl groups excluding tert-OH is 1. The Morgan fingerprint density at radius 2 is 2.11 bits per heavy atom. The van der Waals surface area contributed by atoms with Crippen molar-refractivity contribution in [1.82, 2.24) is 14.7 Å².